The first-order valence-corrected chi connectivity index (χ1v) is 5.47. The van der Waals surface area contributed by atoms with Crippen LogP contribution in [0.3, 0.4) is 0 Å². The number of amidine groups is 1. The molecule has 1 heterocycles. The van der Waals surface area contributed by atoms with Gasteiger partial charge in [-0.05, 0) is 13.3 Å². The van der Waals surface area contributed by atoms with Gasteiger partial charge in [-0.2, -0.15) is 0 Å². The van der Waals surface area contributed by atoms with Crippen LogP contribution in [0.5, 0.6) is 0 Å². The number of nitrogens with one attached hydrogen (secondary N) is 1. The van der Waals surface area contributed by atoms with Gasteiger partial charge in [-0.1, -0.05) is 5.16 Å². The molecule has 7 heteroatoms. The average Bonchev–Trinajstić information content (AvgIpc) is 2.31. The van der Waals surface area contributed by atoms with Gasteiger partial charge in [0, 0.05) is 26.1 Å². The summed E-state index contributed by atoms with van der Waals surface area (Å²) in [6, 6.07) is -0.0702. The zero-order valence-electron chi connectivity index (χ0n) is 10.0. The number of piperidine rings is 1. The highest BCUT2D eigenvalue weighted by molar-refractivity contribution is 6.01. The molecule has 1 fully saturated rings. The molecule has 1 aliphatic rings. The van der Waals surface area contributed by atoms with Gasteiger partial charge in [-0.25, -0.2) is 0 Å². The van der Waals surface area contributed by atoms with Crippen LogP contribution in [0.4, 0.5) is 0 Å². The summed E-state index contributed by atoms with van der Waals surface area (Å²) in [6.07, 6.45) is 1.05. The van der Waals surface area contributed by atoms with Crippen molar-refractivity contribution < 1.29 is 14.8 Å². The van der Waals surface area contributed by atoms with Gasteiger partial charge >= 0.3 is 0 Å². The SMILES string of the molecule is CC(C(=O)NC1CCC(=O)N(C)C1)C(N)=NO. The standard InChI is InChI=1S/C10H18N4O3/c1-6(9(11)13-17)10(16)12-7-3-4-8(15)14(2)5-7/h6-7,17H,3-5H2,1-2H3,(H2,11,13)(H,12,16). The fourth-order valence-corrected chi connectivity index (χ4v) is 1.68. The lowest BCUT2D eigenvalue weighted by Gasteiger charge is -2.30. The Hall–Kier alpha value is -1.79. The number of hydrogen-bond donors (Lipinski definition) is 3. The largest absolute Gasteiger partial charge is 0.409 e. The summed E-state index contributed by atoms with van der Waals surface area (Å²) < 4.78 is 0. The Bertz CT molecular complexity index is 342. The molecule has 1 aliphatic heterocycles. The Balaban J connectivity index is 2.50. The number of likely N-dealkylation sites (tertiary alicyclic amines) is 1. The van der Waals surface area contributed by atoms with Crippen molar-refractivity contribution in [1.29, 1.82) is 0 Å². The third kappa shape index (κ3) is 3.33. The average molecular weight is 242 g/mol. The monoisotopic (exact) mass is 242 g/mol. The molecule has 0 radical (unpaired) electrons. The van der Waals surface area contributed by atoms with Crippen LogP contribution in [-0.4, -0.2) is 47.4 Å². The molecule has 2 unspecified atom stereocenters. The molecule has 4 N–H and O–H groups in total. The number of likely N-dealkylation sites (N-methyl/N-ethyl adjacent to an activating group) is 1. The van der Waals surface area contributed by atoms with E-state index in [9.17, 15) is 9.59 Å². The predicted molar refractivity (Wildman–Crippen MR) is 61.4 cm³/mol. The minimum Gasteiger partial charge on any atom is -0.409 e. The van der Waals surface area contributed by atoms with E-state index in [-0.39, 0.29) is 23.7 Å². The molecule has 0 spiro atoms. The first kappa shape index (κ1) is 13.3. The number of rotatable bonds is 3. The van der Waals surface area contributed by atoms with Crippen LogP contribution in [-0.2, 0) is 9.59 Å². The fraction of sp³-hybridized carbons (Fsp3) is 0.700. The third-order valence-electron chi connectivity index (χ3n) is 2.93. The number of hydrogen-bond acceptors (Lipinski definition) is 4. The van der Waals surface area contributed by atoms with Gasteiger partial charge < -0.3 is 21.2 Å². The maximum Gasteiger partial charge on any atom is 0.230 e. The Morgan fingerprint density at radius 2 is 2.35 bits per heavy atom. The number of nitrogens with two attached hydrogens (primary N) is 1. The fourth-order valence-electron chi connectivity index (χ4n) is 1.68. The van der Waals surface area contributed by atoms with Gasteiger partial charge in [0.05, 0.1) is 5.92 Å². The lowest BCUT2D eigenvalue weighted by molar-refractivity contribution is -0.134. The Morgan fingerprint density at radius 3 is 2.88 bits per heavy atom. The highest BCUT2D eigenvalue weighted by Crippen LogP contribution is 2.10. The van der Waals surface area contributed by atoms with E-state index in [1.54, 1.807) is 18.9 Å². The van der Waals surface area contributed by atoms with Gasteiger partial charge in [-0.15, -0.1) is 0 Å². The molecule has 0 aromatic carbocycles. The van der Waals surface area contributed by atoms with Gasteiger partial charge in [0.25, 0.3) is 0 Å². The topological polar surface area (TPSA) is 108 Å². The zero-order chi connectivity index (χ0) is 13.0. The summed E-state index contributed by atoms with van der Waals surface area (Å²) in [5.41, 5.74) is 5.35. The lowest BCUT2D eigenvalue weighted by atomic mass is 10.0. The second kappa shape index (κ2) is 5.51. The van der Waals surface area contributed by atoms with E-state index < -0.39 is 5.92 Å². The first-order chi connectivity index (χ1) is 7.95. The molecule has 1 saturated heterocycles. The van der Waals surface area contributed by atoms with E-state index in [0.29, 0.717) is 19.4 Å². The van der Waals surface area contributed by atoms with Crippen molar-refractivity contribution in [2.75, 3.05) is 13.6 Å². The van der Waals surface area contributed by atoms with Gasteiger partial charge in [0.1, 0.15) is 0 Å². The van der Waals surface area contributed by atoms with Crippen molar-refractivity contribution in [2.24, 2.45) is 16.8 Å². The van der Waals surface area contributed by atoms with Crippen LogP contribution in [0.1, 0.15) is 19.8 Å². The summed E-state index contributed by atoms with van der Waals surface area (Å²) in [6.45, 7) is 2.05. The minimum absolute atomic E-state index is 0.0702. The van der Waals surface area contributed by atoms with Crippen LogP contribution in [0, 0.1) is 5.92 Å². The highest BCUT2D eigenvalue weighted by atomic mass is 16.4. The number of nitrogens with zero attached hydrogens (tertiary/aromatic N) is 2. The number of oxime groups is 1. The van der Waals surface area contributed by atoms with Crippen molar-refractivity contribution >= 4 is 17.6 Å². The van der Waals surface area contributed by atoms with Crippen molar-refractivity contribution in [3.63, 3.8) is 0 Å². The summed E-state index contributed by atoms with van der Waals surface area (Å²) in [7, 11) is 1.70. The van der Waals surface area contributed by atoms with Crippen molar-refractivity contribution in [1.82, 2.24) is 10.2 Å². The van der Waals surface area contributed by atoms with Crippen LogP contribution >= 0.6 is 0 Å². The van der Waals surface area contributed by atoms with E-state index in [0.717, 1.165) is 0 Å². The highest BCUT2D eigenvalue weighted by Gasteiger charge is 2.26. The van der Waals surface area contributed by atoms with Crippen molar-refractivity contribution in [3.05, 3.63) is 0 Å². The molecule has 96 valence electrons. The molecular weight excluding hydrogens is 224 g/mol. The van der Waals surface area contributed by atoms with Gasteiger partial charge in [-0.3, -0.25) is 9.59 Å². The molecule has 0 aromatic heterocycles. The van der Waals surface area contributed by atoms with Crippen LogP contribution < -0.4 is 11.1 Å². The molecule has 0 bridgehead atoms. The Labute approximate surface area is 99.6 Å². The van der Waals surface area contributed by atoms with Crippen molar-refractivity contribution in [2.45, 2.75) is 25.8 Å². The van der Waals surface area contributed by atoms with E-state index in [2.05, 4.69) is 10.5 Å². The molecule has 1 rings (SSSR count). The summed E-state index contributed by atoms with van der Waals surface area (Å²) in [5.74, 6) is -1.02. The Kier molecular flexibility index (Phi) is 4.30. The molecule has 0 aliphatic carbocycles. The zero-order valence-corrected chi connectivity index (χ0v) is 10.0. The molecule has 17 heavy (non-hydrogen) atoms. The molecule has 2 atom stereocenters. The first-order valence-electron chi connectivity index (χ1n) is 5.47. The molecule has 0 aromatic rings. The third-order valence-corrected chi connectivity index (χ3v) is 2.93. The van der Waals surface area contributed by atoms with Crippen LogP contribution in [0.15, 0.2) is 5.16 Å². The summed E-state index contributed by atoms with van der Waals surface area (Å²) in [5, 5.41) is 14.0. The van der Waals surface area contributed by atoms with E-state index in [1.165, 1.54) is 0 Å². The summed E-state index contributed by atoms with van der Waals surface area (Å²) >= 11 is 0. The molecular formula is C10H18N4O3. The van der Waals surface area contributed by atoms with Gasteiger partial charge in [0.15, 0.2) is 5.84 Å². The maximum atomic E-state index is 11.7. The predicted octanol–water partition coefficient (Wildman–Crippen LogP) is -0.894. The second-order valence-corrected chi connectivity index (χ2v) is 4.27. The molecule has 7 nitrogen and oxygen atoms in total. The lowest BCUT2D eigenvalue weighted by Crippen LogP contribution is -2.50. The van der Waals surface area contributed by atoms with E-state index in [1.807, 2.05) is 0 Å². The summed E-state index contributed by atoms with van der Waals surface area (Å²) in [4.78, 5) is 24.6. The van der Waals surface area contributed by atoms with Crippen LogP contribution in [0.25, 0.3) is 0 Å². The van der Waals surface area contributed by atoms with Gasteiger partial charge in [0.2, 0.25) is 11.8 Å². The minimum atomic E-state index is -0.678. The smallest absolute Gasteiger partial charge is 0.230 e. The van der Waals surface area contributed by atoms with Crippen LogP contribution in [0.2, 0.25) is 0 Å². The molecule has 2 amide bonds. The van der Waals surface area contributed by atoms with E-state index >= 15 is 0 Å². The van der Waals surface area contributed by atoms with E-state index in [4.69, 9.17) is 10.9 Å². The number of carbonyl (C=O) groups is 2. The number of carbonyl (C=O) groups excluding carboxylic acids is 2. The number of amides is 2. The second-order valence-electron chi connectivity index (χ2n) is 4.27. The molecule has 0 saturated carbocycles. The normalized spacial score (nSPS) is 23.4. The Morgan fingerprint density at radius 1 is 1.71 bits per heavy atom. The quantitative estimate of drug-likeness (QED) is 0.258. The maximum absolute atomic E-state index is 11.7. The van der Waals surface area contributed by atoms with Crippen molar-refractivity contribution in [3.8, 4) is 0 Å².